The van der Waals surface area contributed by atoms with Crippen LogP contribution in [0.2, 0.25) is 0 Å². The van der Waals surface area contributed by atoms with E-state index in [0.29, 0.717) is 19.4 Å². The number of amides is 1. The van der Waals surface area contributed by atoms with E-state index in [4.69, 9.17) is 5.14 Å². The molecule has 0 spiro atoms. The van der Waals surface area contributed by atoms with Gasteiger partial charge in [-0.2, -0.15) is 0 Å². The number of benzene rings is 2. The molecule has 0 aromatic heterocycles. The van der Waals surface area contributed by atoms with Crippen LogP contribution in [0.4, 0.5) is 0 Å². The first kappa shape index (κ1) is 19.1. The Morgan fingerprint density at radius 1 is 1.00 bits per heavy atom. The Morgan fingerprint density at radius 3 is 2.16 bits per heavy atom. The molecule has 134 valence electrons. The smallest absolute Gasteiger partial charge is 0.238 e. The molecule has 0 saturated heterocycles. The van der Waals surface area contributed by atoms with E-state index >= 15 is 0 Å². The average Bonchev–Trinajstić information content (AvgIpc) is 2.55. The van der Waals surface area contributed by atoms with E-state index in [-0.39, 0.29) is 10.8 Å². The Bertz CT molecular complexity index is 814. The van der Waals surface area contributed by atoms with Gasteiger partial charge in [-0.15, -0.1) is 0 Å². The molecule has 0 fully saturated rings. The number of hydrogen-bond acceptors (Lipinski definition) is 3. The molecule has 0 heterocycles. The molecule has 0 atom stereocenters. The second-order valence-corrected chi connectivity index (χ2v) is 8.30. The van der Waals surface area contributed by atoms with Crippen LogP contribution in [0, 0.1) is 5.41 Å². The molecule has 2 aromatic rings. The molecule has 0 saturated carbocycles. The van der Waals surface area contributed by atoms with Gasteiger partial charge in [-0.05, 0) is 36.1 Å². The Balaban J connectivity index is 1.87. The number of nitrogens with two attached hydrogens (primary N) is 1. The summed E-state index contributed by atoms with van der Waals surface area (Å²) in [7, 11) is -3.67. The van der Waals surface area contributed by atoms with Crippen LogP contribution in [0.1, 0.15) is 25.0 Å². The Kier molecular flexibility index (Phi) is 5.98. The van der Waals surface area contributed by atoms with E-state index < -0.39 is 15.4 Å². The minimum atomic E-state index is -3.67. The predicted molar refractivity (Wildman–Crippen MR) is 98.5 cm³/mol. The van der Waals surface area contributed by atoms with E-state index in [2.05, 4.69) is 5.32 Å². The first-order valence-corrected chi connectivity index (χ1v) is 9.67. The number of carbonyl (C=O) groups excluding carboxylic acids is 1. The zero-order valence-corrected chi connectivity index (χ0v) is 15.3. The highest BCUT2D eigenvalue weighted by atomic mass is 32.2. The van der Waals surface area contributed by atoms with Crippen molar-refractivity contribution in [3.05, 3.63) is 65.7 Å². The van der Waals surface area contributed by atoms with E-state index in [0.717, 1.165) is 11.1 Å². The minimum absolute atomic E-state index is 0.00231. The lowest BCUT2D eigenvalue weighted by Crippen LogP contribution is -2.39. The molecule has 0 aliphatic carbocycles. The maximum atomic E-state index is 12.4. The van der Waals surface area contributed by atoms with Crippen LogP contribution in [0.25, 0.3) is 0 Å². The number of hydrogen-bond donors (Lipinski definition) is 2. The van der Waals surface area contributed by atoms with Gasteiger partial charge in [-0.25, -0.2) is 13.6 Å². The van der Waals surface area contributed by atoms with Crippen molar-refractivity contribution in [2.24, 2.45) is 10.6 Å². The van der Waals surface area contributed by atoms with Crippen molar-refractivity contribution in [3.63, 3.8) is 0 Å². The van der Waals surface area contributed by atoms with Gasteiger partial charge in [0.15, 0.2) is 0 Å². The van der Waals surface area contributed by atoms with Gasteiger partial charge in [0, 0.05) is 12.0 Å². The largest absolute Gasteiger partial charge is 0.355 e. The molecular formula is C19H24N2O3S. The fraction of sp³-hybridized carbons (Fsp3) is 0.316. The molecule has 2 aromatic carbocycles. The van der Waals surface area contributed by atoms with Crippen molar-refractivity contribution in [1.29, 1.82) is 0 Å². The first-order valence-electron chi connectivity index (χ1n) is 8.12. The highest BCUT2D eigenvalue weighted by molar-refractivity contribution is 7.89. The lowest BCUT2D eigenvalue weighted by molar-refractivity contribution is -0.129. The molecule has 2 rings (SSSR count). The molecular weight excluding hydrogens is 336 g/mol. The summed E-state index contributed by atoms with van der Waals surface area (Å²) in [5.41, 5.74) is 1.56. The van der Waals surface area contributed by atoms with E-state index in [1.165, 1.54) is 12.1 Å². The van der Waals surface area contributed by atoms with Crippen molar-refractivity contribution >= 4 is 15.9 Å². The topological polar surface area (TPSA) is 89.3 Å². The van der Waals surface area contributed by atoms with Gasteiger partial charge < -0.3 is 5.32 Å². The van der Waals surface area contributed by atoms with Crippen LogP contribution in [-0.2, 0) is 27.7 Å². The molecule has 3 N–H and O–H groups in total. The third kappa shape index (κ3) is 5.69. The summed E-state index contributed by atoms with van der Waals surface area (Å²) < 4.78 is 22.5. The van der Waals surface area contributed by atoms with Gasteiger partial charge in [0.1, 0.15) is 0 Å². The minimum Gasteiger partial charge on any atom is -0.355 e. The average molecular weight is 360 g/mol. The summed E-state index contributed by atoms with van der Waals surface area (Å²) >= 11 is 0. The lowest BCUT2D eigenvalue weighted by atomic mass is 9.85. The molecule has 5 nitrogen and oxygen atoms in total. The van der Waals surface area contributed by atoms with Crippen molar-refractivity contribution in [1.82, 2.24) is 5.32 Å². The van der Waals surface area contributed by atoms with Crippen LogP contribution >= 0.6 is 0 Å². The highest BCUT2D eigenvalue weighted by Crippen LogP contribution is 2.22. The van der Waals surface area contributed by atoms with Gasteiger partial charge >= 0.3 is 0 Å². The van der Waals surface area contributed by atoms with Crippen LogP contribution in [0.5, 0.6) is 0 Å². The van der Waals surface area contributed by atoms with Gasteiger partial charge in [-0.3, -0.25) is 4.79 Å². The van der Waals surface area contributed by atoms with E-state index in [1.807, 2.05) is 44.2 Å². The zero-order valence-electron chi connectivity index (χ0n) is 14.5. The quantitative estimate of drug-likeness (QED) is 0.794. The number of sulfonamides is 1. The molecule has 6 heteroatoms. The lowest BCUT2D eigenvalue weighted by Gasteiger charge is -2.23. The fourth-order valence-corrected chi connectivity index (χ4v) is 3.11. The molecule has 0 aliphatic rings. The molecule has 25 heavy (non-hydrogen) atoms. The predicted octanol–water partition coefficient (Wildman–Crippen LogP) is 2.26. The normalized spacial score (nSPS) is 12.0. The van der Waals surface area contributed by atoms with Crippen LogP contribution in [0.3, 0.4) is 0 Å². The van der Waals surface area contributed by atoms with E-state index in [1.54, 1.807) is 12.1 Å². The van der Waals surface area contributed by atoms with Gasteiger partial charge in [0.05, 0.1) is 4.90 Å². The highest BCUT2D eigenvalue weighted by Gasteiger charge is 2.27. The van der Waals surface area contributed by atoms with Gasteiger partial charge in [0.25, 0.3) is 0 Å². The molecule has 0 aliphatic heterocycles. The summed E-state index contributed by atoms with van der Waals surface area (Å²) in [4.78, 5) is 12.5. The van der Waals surface area contributed by atoms with Crippen molar-refractivity contribution in [2.45, 2.75) is 31.6 Å². The second kappa shape index (κ2) is 7.80. The van der Waals surface area contributed by atoms with Crippen molar-refractivity contribution in [3.8, 4) is 0 Å². The SMILES string of the molecule is CC(C)(Cc1ccccc1)C(=O)NCCc1ccc(S(N)(=O)=O)cc1. The summed E-state index contributed by atoms with van der Waals surface area (Å²) in [5.74, 6) is -0.00231. The van der Waals surface area contributed by atoms with Gasteiger partial charge in [0.2, 0.25) is 15.9 Å². The Labute approximate surface area is 149 Å². The van der Waals surface area contributed by atoms with Gasteiger partial charge in [-0.1, -0.05) is 56.3 Å². The Morgan fingerprint density at radius 2 is 1.60 bits per heavy atom. The Hall–Kier alpha value is -2.18. The zero-order chi connectivity index (χ0) is 18.5. The molecule has 1 amide bonds. The van der Waals surface area contributed by atoms with E-state index in [9.17, 15) is 13.2 Å². The number of carbonyl (C=O) groups is 1. The first-order chi connectivity index (χ1) is 11.7. The van der Waals surface area contributed by atoms with Crippen LogP contribution in [0.15, 0.2) is 59.5 Å². The third-order valence-electron chi connectivity index (χ3n) is 4.05. The monoisotopic (exact) mass is 360 g/mol. The summed E-state index contributed by atoms with van der Waals surface area (Å²) in [5, 5.41) is 8.03. The molecule has 0 bridgehead atoms. The fourth-order valence-electron chi connectivity index (χ4n) is 2.59. The van der Waals surface area contributed by atoms with Crippen LogP contribution in [-0.4, -0.2) is 20.9 Å². The maximum absolute atomic E-state index is 12.4. The van der Waals surface area contributed by atoms with Crippen molar-refractivity contribution < 1.29 is 13.2 Å². The molecule has 0 unspecified atom stereocenters. The summed E-state index contributed by atoms with van der Waals surface area (Å²) in [6, 6.07) is 16.3. The van der Waals surface area contributed by atoms with Crippen LogP contribution < -0.4 is 10.5 Å². The third-order valence-corrected chi connectivity index (χ3v) is 4.98. The summed E-state index contributed by atoms with van der Waals surface area (Å²) in [6.07, 6.45) is 1.29. The number of nitrogens with one attached hydrogen (secondary N) is 1. The maximum Gasteiger partial charge on any atom is 0.238 e. The number of primary sulfonamides is 1. The summed E-state index contributed by atoms with van der Waals surface area (Å²) in [6.45, 7) is 4.35. The second-order valence-electron chi connectivity index (χ2n) is 6.74. The standard InChI is InChI=1S/C19H24N2O3S/c1-19(2,14-16-6-4-3-5-7-16)18(22)21-13-12-15-8-10-17(11-9-15)25(20,23)24/h3-11H,12-14H2,1-2H3,(H,21,22)(H2,20,23,24). The molecule has 0 radical (unpaired) electrons. The van der Waals surface area contributed by atoms with Crippen molar-refractivity contribution in [2.75, 3.05) is 6.54 Å². The number of rotatable bonds is 7.